The second-order valence-corrected chi connectivity index (χ2v) is 4.47. The van der Waals surface area contributed by atoms with E-state index in [4.69, 9.17) is 4.74 Å². The summed E-state index contributed by atoms with van der Waals surface area (Å²) < 4.78 is 4.91. The van der Waals surface area contributed by atoms with Crippen molar-refractivity contribution < 1.29 is 9.53 Å². The van der Waals surface area contributed by atoms with Crippen LogP contribution >= 0.6 is 0 Å². The summed E-state index contributed by atoms with van der Waals surface area (Å²) >= 11 is 0. The van der Waals surface area contributed by atoms with Gasteiger partial charge in [-0.25, -0.2) is 0 Å². The summed E-state index contributed by atoms with van der Waals surface area (Å²) in [5.74, 6) is 0.268. The first-order valence-electron chi connectivity index (χ1n) is 5.92. The third-order valence-corrected chi connectivity index (χ3v) is 2.67. The average Bonchev–Trinajstić information content (AvgIpc) is 2.28. The van der Waals surface area contributed by atoms with Gasteiger partial charge >= 0.3 is 5.97 Å². The SMILES string of the molecule is C=C(CCOC(C)=O)c1cccc(C(C)C)c1. The zero-order valence-electron chi connectivity index (χ0n) is 10.8. The van der Waals surface area contributed by atoms with Crippen molar-refractivity contribution >= 4 is 11.5 Å². The van der Waals surface area contributed by atoms with Crippen LogP contribution in [0, 0.1) is 0 Å². The molecule has 0 amide bonds. The molecule has 0 N–H and O–H groups in total. The van der Waals surface area contributed by atoms with Gasteiger partial charge in [-0.15, -0.1) is 0 Å². The van der Waals surface area contributed by atoms with Crippen molar-refractivity contribution in [3.63, 3.8) is 0 Å². The highest BCUT2D eigenvalue weighted by molar-refractivity contribution is 5.67. The minimum atomic E-state index is -0.242. The Labute approximate surface area is 103 Å². The molecule has 0 aromatic heterocycles. The first-order valence-corrected chi connectivity index (χ1v) is 5.92. The summed E-state index contributed by atoms with van der Waals surface area (Å²) in [5.41, 5.74) is 3.44. The Morgan fingerprint density at radius 1 is 1.41 bits per heavy atom. The number of carbonyl (C=O) groups is 1. The highest BCUT2D eigenvalue weighted by atomic mass is 16.5. The van der Waals surface area contributed by atoms with E-state index in [1.54, 1.807) is 0 Å². The van der Waals surface area contributed by atoms with Crippen molar-refractivity contribution in [3.8, 4) is 0 Å². The van der Waals surface area contributed by atoms with E-state index >= 15 is 0 Å². The fraction of sp³-hybridized carbons (Fsp3) is 0.400. The Hall–Kier alpha value is -1.57. The number of carbonyl (C=O) groups excluding carboxylic acids is 1. The number of benzene rings is 1. The van der Waals surface area contributed by atoms with E-state index in [1.165, 1.54) is 12.5 Å². The average molecular weight is 232 g/mol. The maximum absolute atomic E-state index is 10.7. The summed E-state index contributed by atoms with van der Waals surface area (Å²) in [6.07, 6.45) is 0.682. The lowest BCUT2D eigenvalue weighted by molar-refractivity contribution is -0.140. The smallest absolute Gasteiger partial charge is 0.302 e. The summed E-state index contributed by atoms with van der Waals surface area (Å²) in [5, 5.41) is 0. The lowest BCUT2D eigenvalue weighted by Crippen LogP contribution is -2.01. The van der Waals surface area contributed by atoms with E-state index in [1.807, 2.05) is 12.1 Å². The molecule has 0 bridgehead atoms. The normalized spacial score (nSPS) is 10.4. The molecule has 1 aromatic carbocycles. The molecule has 0 aliphatic rings. The molecule has 0 saturated heterocycles. The molecule has 0 aliphatic carbocycles. The molecule has 0 spiro atoms. The summed E-state index contributed by atoms with van der Waals surface area (Å²) in [7, 11) is 0. The van der Waals surface area contributed by atoms with Crippen LogP contribution < -0.4 is 0 Å². The van der Waals surface area contributed by atoms with Gasteiger partial charge < -0.3 is 4.74 Å². The van der Waals surface area contributed by atoms with Crippen LogP contribution in [0.4, 0.5) is 0 Å². The van der Waals surface area contributed by atoms with Gasteiger partial charge in [0, 0.05) is 13.3 Å². The van der Waals surface area contributed by atoms with Crippen molar-refractivity contribution in [2.45, 2.75) is 33.1 Å². The zero-order chi connectivity index (χ0) is 12.8. The standard InChI is InChI=1S/C15H20O2/c1-11(2)14-6-5-7-15(10-14)12(3)8-9-17-13(4)16/h5-7,10-11H,3,8-9H2,1-2,4H3. The van der Waals surface area contributed by atoms with E-state index in [2.05, 4.69) is 32.6 Å². The molecule has 0 saturated carbocycles. The Kier molecular flexibility index (Phi) is 4.95. The molecule has 1 aromatic rings. The first-order chi connectivity index (χ1) is 8.00. The van der Waals surface area contributed by atoms with Crippen LogP contribution in [-0.2, 0) is 9.53 Å². The van der Waals surface area contributed by atoms with Gasteiger partial charge in [0.2, 0.25) is 0 Å². The summed E-state index contributed by atoms with van der Waals surface area (Å²) in [6.45, 7) is 10.2. The topological polar surface area (TPSA) is 26.3 Å². The summed E-state index contributed by atoms with van der Waals surface area (Å²) in [6, 6.07) is 8.36. The first kappa shape index (κ1) is 13.5. The minimum absolute atomic E-state index is 0.242. The largest absolute Gasteiger partial charge is 0.466 e. The number of rotatable bonds is 5. The van der Waals surface area contributed by atoms with Crippen LogP contribution in [0.5, 0.6) is 0 Å². The molecule has 0 radical (unpaired) electrons. The molecular weight excluding hydrogens is 212 g/mol. The molecule has 0 fully saturated rings. The number of hydrogen-bond donors (Lipinski definition) is 0. The van der Waals surface area contributed by atoms with Crippen molar-refractivity contribution in [1.29, 1.82) is 0 Å². The Balaban J connectivity index is 2.62. The van der Waals surface area contributed by atoms with E-state index in [0.29, 0.717) is 18.9 Å². The predicted octanol–water partition coefficient (Wildman–Crippen LogP) is 3.78. The van der Waals surface area contributed by atoms with Crippen LogP contribution in [0.25, 0.3) is 5.57 Å². The molecule has 0 heterocycles. The molecule has 2 nitrogen and oxygen atoms in total. The van der Waals surface area contributed by atoms with Gasteiger partial charge in [-0.05, 0) is 22.6 Å². The summed E-state index contributed by atoms with van der Waals surface area (Å²) in [4.78, 5) is 10.7. The number of esters is 1. The monoisotopic (exact) mass is 232 g/mol. The van der Waals surface area contributed by atoms with Crippen LogP contribution in [0.2, 0.25) is 0 Å². The van der Waals surface area contributed by atoms with E-state index in [-0.39, 0.29) is 5.97 Å². The molecule has 17 heavy (non-hydrogen) atoms. The minimum Gasteiger partial charge on any atom is -0.466 e. The third kappa shape index (κ3) is 4.43. The lowest BCUT2D eigenvalue weighted by Gasteiger charge is -2.10. The van der Waals surface area contributed by atoms with E-state index < -0.39 is 0 Å². The Bertz CT molecular complexity index is 405. The maximum atomic E-state index is 10.7. The Morgan fingerprint density at radius 3 is 2.71 bits per heavy atom. The highest BCUT2D eigenvalue weighted by Crippen LogP contribution is 2.21. The van der Waals surface area contributed by atoms with Gasteiger partial charge in [0.15, 0.2) is 0 Å². The zero-order valence-corrected chi connectivity index (χ0v) is 10.8. The molecule has 0 atom stereocenters. The molecular formula is C15H20O2. The van der Waals surface area contributed by atoms with Gasteiger partial charge in [-0.3, -0.25) is 4.79 Å². The van der Waals surface area contributed by atoms with Crippen LogP contribution in [0.1, 0.15) is 44.2 Å². The van der Waals surface area contributed by atoms with Gasteiger partial charge in [0.25, 0.3) is 0 Å². The predicted molar refractivity (Wildman–Crippen MR) is 70.8 cm³/mol. The van der Waals surface area contributed by atoms with E-state index in [9.17, 15) is 4.79 Å². The van der Waals surface area contributed by atoms with Crippen molar-refractivity contribution in [1.82, 2.24) is 0 Å². The number of ether oxygens (including phenoxy) is 1. The van der Waals surface area contributed by atoms with Gasteiger partial charge in [-0.2, -0.15) is 0 Å². The fourth-order valence-electron chi connectivity index (χ4n) is 1.58. The second-order valence-electron chi connectivity index (χ2n) is 4.47. The molecule has 0 unspecified atom stereocenters. The van der Waals surface area contributed by atoms with Gasteiger partial charge in [0.05, 0.1) is 6.61 Å². The van der Waals surface area contributed by atoms with E-state index in [0.717, 1.165) is 11.1 Å². The Morgan fingerprint density at radius 2 is 2.12 bits per heavy atom. The third-order valence-electron chi connectivity index (χ3n) is 2.67. The van der Waals surface area contributed by atoms with Crippen molar-refractivity contribution in [3.05, 3.63) is 42.0 Å². The van der Waals surface area contributed by atoms with Gasteiger partial charge in [0.1, 0.15) is 0 Å². The fourth-order valence-corrected chi connectivity index (χ4v) is 1.58. The van der Waals surface area contributed by atoms with Crippen molar-refractivity contribution in [2.24, 2.45) is 0 Å². The van der Waals surface area contributed by atoms with Crippen LogP contribution in [0.15, 0.2) is 30.8 Å². The van der Waals surface area contributed by atoms with Gasteiger partial charge in [-0.1, -0.05) is 44.7 Å². The maximum Gasteiger partial charge on any atom is 0.302 e. The molecule has 0 aliphatic heterocycles. The quantitative estimate of drug-likeness (QED) is 0.722. The highest BCUT2D eigenvalue weighted by Gasteiger charge is 2.04. The van der Waals surface area contributed by atoms with Crippen LogP contribution in [-0.4, -0.2) is 12.6 Å². The molecule has 92 valence electrons. The van der Waals surface area contributed by atoms with Crippen molar-refractivity contribution in [2.75, 3.05) is 6.61 Å². The lowest BCUT2D eigenvalue weighted by atomic mass is 9.97. The van der Waals surface area contributed by atoms with Crippen LogP contribution in [0.3, 0.4) is 0 Å². The molecule has 1 rings (SSSR count). The molecule has 2 heteroatoms. The number of hydrogen-bond acceptors (Lipinski definition) is 2. The second kappa shape index (κ2) is 6.24.